The number of rotatable bonds is 4. The molecule has 0 saturated carbocycles. The highest BCUT2D eigenvalue weighted by atomic mass is 35.5. The topological polar surface area (TPSA) is 35.6 Å². The Labute approximate surface area is 164 Å². The van der Waals surface area contributed by atoms with Gasteiger partial charge in [0.2, 0.25) is 5.91 Å². The van der Waals surface area contributed by atoms with E-state index in [0.717, 1.165) is 43.0 Å². The molecule has 0 radical (unpaired) electrons. The SMILES string of the molecule is Cc1cc(NC(=O)Cc2ccc(Cl)cc2Cl)ccc1N1CCN(C)CC1. The van der Waals surface area contributed by atoms with Crippen molar-refractivity contribution in [1.82, 2.24) is 4.90 Å². The Morgan fingerprint density at radius 1 is 1.08 bits per heavy atom. The lowest BCUT2D eigenvalue weighted by Gasteiger charge is -2.35. The van der Waals surface area contributed by atoms with E-state index in [0.29, 0.717) is 10.0 Å². The number of nitrogens with one attached hydrogen (secondary N) is 1. The van der Waals surface area contributed by atoms with E-state index in [-0.39, 0.29) is 12.3 Å². The molecular formula is C20H23Cl2N3O. The number of amides is 1. The first-order valence-corrected chi connectivity index (χ1v) is 9.46. The molecule has 1 aliphatic rings. The van der Waals surface area contributed by atoms with E-state index in [9.17, 15) is 4.79 Å². The van der Waals surface area contributed by atoms with Crippen molar-refractivity contribution in [3.8, 4) is 0 Å². The van der Waals surface area contributed by atoms with Gasteiger partial charge in [-0.15, -0.1) is 0 Å². The van der Waals surface area contributed by atoms with Crippen LogP contribution < -0.4 is 10.2 Å². The minimum Gasteiger partial charge on any atom is -0.369 e. The molecule has 1 aliphatic heterocycles. The fourth-order valence-corrected chi connectivity index (χ4v) is 3.65. The van der Waals surface area contributed by atoms with Crippen LogP contribution >= 0.6 is 23.2 Å². The standard InChI is InChI=1S/C20H23Cl2N3O/c1-14-11-17(5-6-19(14)25-9-7-24(2)8-10-25)23-20(26)12-15-3-4-16(21)13-18(15)22/h3-6,11,13H,7-10,12H2,1-2H3,(H,23,26). The third-order valence-corrected chi connectivity index (χ3v) is 5.28. The predicted molar refractivity (Wildman–Crippen MR) is 110 cm³/mol. The summed E-state index contributed by atoms with van der Waals surface area (Å²) in [6, 6.07) is 11.3. The van der Waals surface area contributed by atoms with Crippen LogP contribution in [0.15, 0.2) is 36.4 Å². The predicted octanol–water partition coefficient (Wildman–Crippen LogP) is 4.23. The van der Waals surface area contributed by atoms with Crippen molar-refractivity contribution in [3.05, 3.63) is 57.6 Å². The van der Waals surface area contributed by atoms with Crippen LogP contribution in [0.25, 0.3) is 0 Å². The second-order valence-corrected chi connectivity index (χ2v) is 7.60. The first-order chi connectivity index (χ1) is 12.4. The molecule has 1 fully saturated rings. The summed E-state index contributed by atoms with van der Waals surface area (Å²) in [6.45, 7) is 6.27. The average molecular weight is 392 g/mol. The van der Waals surface area contributed by atoms with Gasteiger partial charge in [-0.25, -0.2) is 0 Å². The molecule has 1 heterocycles. The van der Waals surface area contributed by atoms with Crippen molar-refractivity contribution in [1.29, 1.82) is 0 Å². The summed E-state index contributed by atoms with van der Waals surface area (Å²) < 4.78 is 0. The van der Waals surface area contributed by atoms with Crippen LogP contribution in [-0.2, 0) is 11.2 Å². The van der Waals surface area contributed by atoms with E-state index in [1.807, 2.05) is 12.1 Å². The van der Waals surface area contributed by atoms with Gasteiger partial charge >= 0.3 is 0 Å². The molecule has 3 rings (SSSR count). The Morgan fingerprint density at radius 2 is 1.81 bits per heavy atom. The van der Waals surface area contributed by atoms with Crippen molar-refractivity contribution >= 4 is 40.5 Å². The van der Waals surface area contributed by atoms with E-state index < -0.39 is 0 Å². The molecule has 1 saturated heterocycles. The molecule has 0 aliphatic carbocycles. The molecule has 6 heteroatoms. The molecule has 138 valence electrons. The lowest BCUT2D eigenvalue weighted by Crippen LogP contribution is -2.44. The van der Waals surface area contributed by atoms with E-state index in [1.165, 1.54) is 5.69 Å². The number of carbonyl (C=O) groups is 1. The third kappa shape index (κ3) is 4.70. The minimum atomic E-state index is -0.0963. The van der Waals surface area contributed by atoms with E-state index >= 15 is 0 Å². The highest BCUT2D eigenvalue weighted by Crippen LogP contribution is 2.25. The summed E-state index contributed by atoms with van der Waals surface area (Å²) in [5, 5.41) is 4.03. The number of carbonyl (C=O) groups excluding carboxylic acids is 1. The quantitative estimate of drug-likeness (QED) is 0.846. The van der Waals surface area contributed by atoms with Crippen LogP contribution in [-0.4, -0.2) is 44.0 Å². The minimum absolute atomic E-state index is 0.0963. The fourth-order valence-electron chi connectivity index (χ4n) is 3.18. The van der Waals surface area contributed by atoms with E-state index in [1.54, 1.807) is 18.2 Å². The summed E-state index contributed by atoms with van der Waals surface area (Å²) in [5.74, 6) is -0.0963. The Bertz CT molecular complexity index is 802. The Hall–Kier alpha value is -1.75. The van der Waals surface area contributed by atoms with Crippen molar-refractivity contribution in [3.63, 3.8) is 0 Å². The van der Waals surface area contributed by atoms with Crippen LogP contribution in [0.1, 0.15) is 11.1 Å². The van der Waals surface area contributed by atoms with Gasteiger partial charge in [0, 0.05) is 47.6 Å². The number of hydrogen-bond donors (Lipinski definition) is 1. The van der Waals surface area contributed by atoms with E-state index in [4.69, 9.17) is 23.2 Å². The highest BCUT2D eigenvalue weighted by molar-refractivity contribution is 6.35. The number of benzene rings is 2. The summed E-state index contributed by atoms with van der Waals surface area (Å²) in [7, 11) is 2.15. The maximum absolute atomic E-state index is 12.3. The lowest BCUT2D eigenvalue weighted by atomic mass is 10.1. The molecule has 0 spiro atoms. The molecule has 0 atom stereocenters. The van der Waals surface area contributed by atoms with Crippen molar-refractivity contribution in [2.45, 2.75) is 13.3 Å². The zero-order valence-corrected chi connectivity index (χ0v) is 16.6. The number of halogens is 2. The van der Waals surface area contributed by atoms with Crippen LogP contribution in [0.5, 0.6) is 0 Å². The number of anilines is 2. The molecule has 2 aromatic carbocycles. The molecule has 0 aromatic heterocycles. The Balaban J connectivity index is 1.64. The van der Waals surface area contributed by atoms with E-state index in [2.05, 4.69) is 35.2 Å². The number of nitrogens with zero attached hydrogens (tertiary/aromatic N) is 2. The third-order valence-electron chi connectivity index (χ3n) is 4.69. The Kier molecular flexibility index (Phi) is 6.07. The van der Waals surface area contributed by atoms with Crippen LogP contribution in [0.3, 0.4) is 0 Å². The van der Waals surface area contributed by atoms with Gasteiger partial charge in [-0.05, 0) is 55.4 Å². The lowest BCUT2D eigenvalue weighted by molar-refractivity contribution is -0.115. The number of hydrogen-bond acceptors (Lipinski definition) is 3. The molecular weight excluding hydrogens is 369 g/mol. The summed E-state index contributed by atoms with van der Waals surface area (Å²) in [5.41, 5.74) is 3.96. The van der Waals surface area contributed by atoms with Crippen molar-refractivity contribution in [2.75, 3.05) is 43.4 Å². The molecule has 26 heavy (non-hydrogen) atoms. The number of likely N-dealkylation sites (N-methyl/N-ethyl adjacent to an activating group) is 1. The first kappa shape index (κ1) is 19.0. The maximum atomic E-state index is 12.3. The fraction of sp³-hybridized carbons (Fsp3) is 0.350. The number of piperazine rings is 1. The molecule has 4 nitrogen and oxygen atoms in total. The first-order valence-electron chi connectivity index (χ1n) is 8.70. The second kappa shape index (κ2) is 8.30. The van der Waals surface area contributed by atoms with Gasteiger partial charge in [-0.3, -0.25) is 4.79 Å². The molecule has 1 amide bonds. The molecule has 0 bridgehead atoms. The second-order valence-electron chi connectivity index (χ2n) is 6.75. The summed E-state index contributed by atoms with van der Waals surface area (Å²) >= 11 is 12.0. The van der Waals surface area contributed by atoms with Gasteiger partial charge < -0.3 is 15.1 Å². The van der Waals surface area contributed by atoms with Crippen molar-refractivity contribution in [2.24, 2.45) is 0 Å². The molecule has 1 N–H and O–H groups in total. The van der Waals surface area contributed by atoms with Gasteiger partial charge in [0.15, 0.2) is 0 Å². The zero-order valence-electron chi connectivity index (χ0n) is 15.1. The van der Waals surface area contributed by atoms with Gasteiger partial charge in [0.1, 0.15) is 0 Å². The van der Waals surface area contributed by atoms with Gasteiger partial charge in [-0.1, -0.05) is 29.3 Å². The highest BCUT2D eigenvalue weighted by Gasteiger charge is 2.16. The summed E-state index contributed by atoms with van der Waals surface area (Å²) in [6.07, 6.45) is 0.218. The summed E-state index contributed by atoms with van der Waals surface area (Å²) in [4.78, 5) is 17.1. The normalized spacial score (nSPS) is 15.2. The monoisotopic (exact) mass is 391 g/mol. The van der Waals surface area contributed by atoms with Crippen LogP contribution in [0, 0.1) is 6.92 Å². The smallest absolute Gasteiger partial charge is 0.228 e. The van der Waals surface area contributed by atoms with Crippen LogP contribution in [0.2, 0.25) is 10.0 Å². The maximum Gasteiger partial charge on any atom is 0.228 e. The zero-order chi connectivity index (χ0) is 18.7. The molecule has 0 unspecified atom stereocenters. The Morgan fingerprint density at radius 3 is 2.46 bits per heavy atom. The van der Waals surface area contributed by atoms with Crippen molar-refractivity contribution < 1.29 is 4.79 Å². The van der Waals surface area contributed by atoms with Gasteiger partial charge in [-0.2, -0.15) is 0 Å². The average Bonchev–Trinajstić information content (AvgIpc) is 2.59. The number of aryl methyl sites for hydroxylation is 1. The largest absolute Gasteiger partial charge is 0.369 e. The van der Waals surface area contributed by atoms with Crippen LogP contribution in [0.4, 0.5) is 11.4 Å². The molecule has 2 aromatic rings. The van der Waals surface area contributed by atoms with Gasteiger partial charge in [0.25, 0.3) is 0 Å². The van der Waals surface area contributed by atoms with Gasteiger partial charge in [0.05, 0.1) is 6.42 Å².